The molecule has 0 radical (unpaired) electrons. The van der Waals surface area contributed by atoms with Crippen LogP contribution in [0.25, 0.3) is 0 Å². The number of carbonyl (C=O) groups excluding carboxylic acids is 1. The van der Waals surface area contributed by atoms with Gasteiger partial charge in [0.25, 0.3) is 5.91 Å². The Morgan fingerprint density at radius 2 is 1.90 bits per heavy atom. The predicted octanol–water partition coefficient (Wildman–Crippen LogP) is 3.47. The van der Waals surface area contributed by atoms with E-state index in [1.54, 1.807) is 31.4 Å². The Hall–Kier alpha value is -2.04. The lowest BCUT2D eigenvalue weighted by Gasteiger charge is -2.14. The van der Waals surface area contributed by atoms with Gasteiger partial charge in [-0.15, -0.1) is 0 Å². The monoisotopic (exact) mass is 305 g/mol. The third-order valence-electron chi connectivity index (χ3n) is 2.80. The largest absolute Gasteiger partial charge is 0.468 e. The van der Waals surface area contributed by atoms with Crippen molar-refractivity contribution in [2.45, 2.75) is 6.54 Å². The van der Waals surface area contributed by atoms with Crippen molar-refractivity contribution in [3.63, 3.8) is 0 Å². The molecule has 0 fully saturated rings. The van der Waals surface area contributed by atoms with Gasteiger partial charge in [-0.25, -0.2) is 4.42 Å². The number of nitrogens with zero attached hydrogens (tertiary/aromatic N) is 1. The highest BCUT2D eigenvalue weighted by atomic mass is 35.5. The third kappa shape index (κ3) is 4.48. The number of amides is 1. The number of carbonyl (C=O) groups is 1. The Balaban J connectivity index is 2.02. The Bertz CT molecular complexity index is 589. The van der Waals surface area contributed by atoms with Gasteiger partial charge in [-0.2, -0.15) is 0 Å². The van der Waals surface area contributed by atoms with Gasteiger partial charge in [0.15, 0.2) is 6.79 Å². The van der Waals surface area contributed by atoms with Crippen LogP contribution in [-0.2, 0) is 11.3 Å². The second-order valence-electron chi connectivity index (χ2n) is 4.39. The first kappa shape index (κ1) is 15.4. The predicted molar refractivity (Wildman–Crippen MR) is 81.1 cm³/mol. The van der Waals surface area contributed by atoms with Gasteiger partial charge < -0.3 is 9.47 Å². The fourth-order valence-corrected chi connectivity index (χ4v) is 2.05. The molecule has 0 spiro atoms. The van der Waals surface area contributed by atoms with E-state index in [1.807, 2.05) is 30.3 Å². The van der Waals surface area contributed by atoms with E-state index in [2.05, 4.69) is 0 Å². The molecule has 0 saturated carbocycles. The van der Waals surface area contributed by atoms with E-state index in [-0.39, 0.29) is 12.7 Å². The fourth-order valence-electron chi connectivity index (χ4n) is 1.81. The third-order valence-corrected chi connectivity index (χ3v) is 3.08. The standard InChI is InChI=1S/C16H16ClNO3/c1-20-12-21-15-9-5-6-13(10-15)11-18(17)16(19)14-7-3-2-4-8-14/h2-10H,11-12H2,1H3. The maximum absolute atomic E-state index is 12.1. The molecule has 5 heteroatoms. The number of hydrogen-bond acceptors (Lipinski definition) is 3. The molecule has 2 aromatic rings. The molecule has 110 valence electrons. The highest BCUT2D eigenvalue weighted by molar-refractivity contribution is 6.23. The SMILES string of the molecule is COCOc1cccc(CN(Cl)C(=O)c2ccccc2)c1. The topological polar surface area (TPSA) is 38.8 Å². The summed E-state index contributed by atoms with van der Waals surface area (Å²) in [5.74, 6) is 0.437. The molecule has 1 amide bonds. The highest BCUT2D eigenvalue weighted by Crippen LogP contribution is 2.17. The van der Waals surface area contributed by atoms with Crippen LogP contribution in [0.3, 0.4) is 0 Å². The summed E-state index contributed by atoms with van der Waals surface area (Å²) in [5.41, 5.74) is 1.43. The molecule has 0 aliphatic rings. The minimum atomic E-state index is -0.236. The zero-order valence-electron chi connectivity index (χ0n) is 11.7. The molecule has 0 aliphatic carbocycles. The van der Waals surface area contributed by atoms with Crippen LogP contribution < -0.4 is 4.74 Å². The Labute approximate surface area is 129 Å². The van der Waals surface area contributed by atoms with E-state index in [0.717, 1.165) is 9.98 Å². The quantitative estimate of drug-likeness (QED) is 0.606. The smallest absolute Gasteiger partial charge is 0.268 e. The highest BCUT2D eigenvalue weighted by Gasteiger charge is 2.13. The molecule has 0 bridgehead atoms. The summed E-state index contributed by atoms with van der Waals surface area (Å²) in [4.78, 5) is 12.1. The van der Waals surface area contributed by atoms with Gasteiger partial charge in [-0.1, -0.05) is 30.3 Å². The summed E-state index contributed by atoms with van der Waals surface area (Å²) in [5, 5.41) is 0. The van der Waals surface area contributed by atoms with Crippen LogP contribution in [0.2, 0.25) is 0 Å². The van der Waals surface area contributed by atoms with Crippen molar-refractivity contribution in [1.82, 2.24) is 4.42 Å². The summed E-state index contributed by atoms with van der Waals surface area (Å²) in [6.45, 7) is 0.469. The van der Waals surface area contributed by atoms with Gasteiger partial charge in [0, 0.05) is 24.4 Å². The normalized spacial score (nSPS) is 10.2. The first-order chi connectivity index (χ1) is 10.2. The molecular weight excluding hydrogens is 290 g/mol. The lowest BCUT2D eigenvalue weighted by atomic mass is 10.2. The van der Waals surface area contributed by atoms with Crippen molar-refractivity contribution in [3.05, 3.63) is 65.7 Å². The summed E-state index contributed by atoms with van der Waals surface area (Å²) >= 11 is 6.08. The van der Waals surface area contributed by atoms with Crippen LogP contribution in [0.5, 0.6) is 5.75 Å². The summed E-state index contributed by atoms with van der Waals surface area (Å²) in [7, 11) is 1.56. The van der Waals surface area contributed by atoms with Gasteiger partial charge in [-0.3, -0.25) is 4.79 Å². The van der Waals surface area contributed by atoms with Crippen molar-refractivity contribution >= 4 is 17.7 Å². The van der Waals surface area contributed by atoms with Crippen LogP contribution in [0.4, 0.5) is 0 Å². The lowest BCUT2D eigenvalue weighted by molar-refractivity contribution is 0.0510. The Morgan fingerprint density at radius 1 is 1.14 bits per heavy atom. The van der Waals surface area contributed by atoms with E-state index in [9.17, 15) is 4.79 Å². The van der Waals surface area contributed by atoms with Gasteiger partial charge in [-0.05, 0) is 29.8 Å². The van der Waals surface area contributed by atoms with E-state index < -0.39 is 0 Å². The average Bonchev–Trinajstić information content (AvgIpc) is 2.53. The Morgan fingerprint density at radius 3 is 2.62 bits per heavy atom. The lowest BCUT2D eigenvalue weighted by Crippen LogP contribution is -2.21. The van der Waals surface area contributed by atoms with Gasteiger partial charge in [0.2, 0.25) is 0 Å². The molecular formula is C16H16ClNO3. The van der Waals surface area contributed by atoms with Crippen molar-refractivity contribution in [3.8, 4) is 5.75 Å². The molecule has 0 saturated heterocycles. The minimum absolute atomic E-state index is 0.178. The molecule has 0 aliphatic heterocycles. The molecule has 2 aromatic carbocycles. The molecule has 0 atom stereocenters. The maximum Gasteiger partial charge on any atom is 0.268 e. The van der Waals surface area contributed by atoms with E-state index >= 15 is 0 Å². The van der Waals surface area contributed by atoms with Crippen LogP contribution in [-0.4, -0.2) is 24.2 Å². The van der Waals surface area contributed by atoms with Crippen molar-refractivity contribution < 1.29 is 14.3 Å². The summed E-state index contributed by atoms with van der Waals surface area (Å²) < 4.78 is 11.4. The van der Waals surface area contributed by atoms with Gasteiger partial charge in [0.1, 0.15) is 5.75 Å². The first-order valence-corrected chi connectivity index (χ1v) is 6.78. The van der Waals surface area contributed by atoms with Crippen LogP contribution in [0.15, 0.2) is 54.6 Å². The first-order valence-electron chi connectivity index (χ1n) is 6.44. The Kier molecular flexibility index (Phi) is 5.60. The average molecular weight is 306 g/mol. The van der Waals surface area contributed by atoms with Gasteiger partial charge in [0.05, 0.1) is 6.54 Å². The summed E-state index contributed by atoms with van der Waals surface area (Å²) in [6, 6.07) is 16.3. The molecule has 0 aromatic heterocycles. The molecule has 2 rings (SSSR count). The van der Waals surface area contributed by atoms with Crippen LogP contribution in [0.1, 0.15) is 15.9 Å². The number of ether oxygens (including phenoxy) is 2. The van der Waals surface area contributed by atoms with Crippen molar-refractivity contribution in [2.24, 2.45) is 0 Å². The fraction of sp³-hybridized carbons (Fsp3) is 0.188. The van der Waals surface area contributed by atoms with Crippen LogP contribution >= 0.6 is 11.8 Å². The molecule has 0 heterocycles. The van der Waals surface area contributed by atoms with Crippen LogP contribution in [0, 0.1) is 0 Å². The van der Waals surface area contributed by atoms with Crippen molar-refractivity contribution in [1.29, 1.82) is 0 Å². The zero-order chi connectivity index (χ0) is 15.1. The second-order valence-corrected chi connectivity index (χ2v) is 4.80. The molecule has 0 N–H and O–H groups in total. The molecule has 4 nitrogen and oxygen atoms in total. The zero-order valence-corrected chi connectivity index (χ0v) is 12.4. The number of methoxy groups -OCH3 is 1. The molecule has 0 unspecified atom stereocenters. The number of hydrogen-bond donors (Lipinski definition) is 0. The maximum atomic E-state index is 12.1. The second kappa shape index (κ2) is 7.67. The van der Waals surface area contributed by atoms with E-state index in [1.165, 1.54) is 0 Å². The van der Waals surface area contributed by atoms with Gasteiger partial charge >= 0.3 is 0 Å². The van der Waals surface area contributed by atoms with E-state index in [4.69, 9.17) is 21.3 Å². The number of benzene rings is 2. The minimum Gasteiger partial charge on any atom is -0.468 e. The number of rotatable bonds is 6. The van der Waals surface area contributed by atoms with E-state index in [0.29, 0.717) is 17.9 Å². The molecule has 21 heavy (non-hydrogen) atoms. The summed E-state index contributed by atoms with van der Waals surface area (Å²) in [6.07, 6.45) is 0. The number of halogens is 1. The van der Waals surface area contributed by atoms with Crippen molar-refractivity contribution in [2.75, 3.05) is 13.9 Å².